The van der Waals surface area contributed by atoms with Gasteiger partial charge in [-0.05, 0) is 135 Å². The van der Waals surface area contributed by atoms with Gasteiger partial charge >= 0.3 is 5.97 Å². The summed E-state index contributed by atoms with van der Waals surface area (Å²) in [5.74, 6) is -10.8. The Morgan fingerprint density at radius 2 is 1.04 bits per heavy atom. The summed E-state index contributed by atoms with van der Waals surface area (Å²) in [4.78, 5) is 170. The number of carbonyl (C=O) groups excluding carboxylic acids is 12. The average Bonchev–Trinajstić information content (AvgIpc) is 1.25. The fourth-order valence-corrected chi connectivity index (χ4v) is 9.93. The van der Waals surface area contributed by atoms with E-state index < -0.39 is 163 Å². The number of aliphatic hydroxyl groups is 1. The van der Waals surface area contributed by atoms with E-state index in [1.807, 2.05) is 0 Å². The molecular formula is C61H108N18O14. The number of aliphatic hydroxyl groups excluding tert-OH is 1. The number of carbonyl (C=O) groups is 12. The van der Waals surface area contributed by atoms with Gasteiger partial charge in [-0.3, -0.25) is 57.5 Å². The fraction of sp³-hybridized carbons (Fsp3) is 0.705. The lowest BCUT2D eigenvalue weighted by molar-refractivity contribution is -0.154. The molecule has 1 aromatic carbocycles. The minimum absolute atomic E-state index is 0.0307. The molecular weight excluding hydrogens is 1210 g/mol. The van der Waals surface area contributed by atoms with E-state index in [1.165, 1.54) is 13.8 Å². The van der Waals surface area contributed by atoms with E-state index in [9.17, 15) is 62.6 Å². The average molecular weight is 1320 g/mol. The molecule has 526 valence electrons. The molecule has 1 aromatic rings. The number of unbranched alkanes of at least 4 members (excludes halogenated alkanes) is 2. The molecule has 1 heterocycles. The van der Waals surface area contributed by atoms with Crippen LogP contribution in [0.1, 0.15) is 137 Å². The van der Waals surface area contributed by atoms with Crippen molar-refractivity contribution in [1.29, 1.82) is 0 Å². The van der Waals surface area contributed by atoms with Gasteiger partial charge in [0.25, 0.3) is 0 Å². The van der Waals surface area contributed by atoms with Gasteiger partial charge in [0, 0.05) is 19.4 Å². The third-order valence-electron chi connectivity index (χ3n) is 15.2. The van der Waals surface area contributed by atoms with E-state index >= 15 is 0 Å². The number of benzene rings is 1. The second-order valence-corrected chi connectivity index (χ2v) is 24.2. The van der Waals surface area contributed by atoms with Crippen LogP contribution < -0.4 is 98.6 Å². The van der Waals surface area contributed by atoms with E-state index in [-0.39, 0.29) is 96.4 Å². The summed E-state index contributed by atoms with van der Waals surface area (Å²) in [6.45, 7) is 9.13. The molecule has 0 spiro atoms. The van der Waals surface area contributed by atoms with Crippen molar-refractivity contribution in [1.82, 2.24) is 58.5 Å². The van der Waals surface area contributed by atoms with Gasteiger partial charge < -0.3 is 108 Å². The van der Waals surface area contributed by atoms with Crippen molar-refractivity contribution >= 4 is 70.9 Å². The maximum Gasteiger partial charge on any atom is 0.323 e. The number of hydrogen-bond donors (Lipinski definition) is 19. The van der Waals surface area contributed by atoms with E-state index in [2.05, 4.69) is 72.3 Å². The lowest BCUT2D eigenvalue weighted by Crippen LogP contribution is -2.62. The Labute approximate surface area is 545 Å². The zero-order chi connectivity index (χ0) is 69.7. The molecule has 0 radical (unpaired) electrons. The van der Waals surface area contributed by atoms with Gasteiger partial charge in [0.2, 0.25) is 65.0 Å². The molecule has 2 rings (SSSR count). The van der Waals surface area contributed by atoms with Crippen LogP contribution in [0.3, 0.4) is 0 Å². The summed E-state index contributed by atoms with van der Waals surface area (Å²) in [7, 11) is 0. The molecule has 1 fully saturated rings. The molecule has 1 aliphatic heterocycles. The third kappa shape index (κ3) is 30.4. The normalized spacial score (nSPS) is 21.9. The molecule has 0 saturated carbocycles. The van der Waals surface area contributed by atoms with E-state index in [1.54, 1.807) is 44.2 Å². The van der Waals surface area contributed by atoms with Gasteiger partial charge in [0.15, 0.2) is 0 Å². The minimum Gasteiger partial charge on any atom is -0.459 e. The highest BCUT2D eigenvalue weighted by atomic mass is 16.5. The molecule has 0 aromatic heterocycles. The van der Waals surface area contributed by atoms with Crippen molar-refractivity contribution in [2.75, 3.05) is 45.8 Å². The Balaban J connectivity index is 2.80. The Bertz CT molecular complexity index is 2550. The molecule has 93 heavy (non-hydrogen) atoms. The predicted molar refractivity (Wildman–Crippen MR) is 346 cm³/mol. The van der Waals surface area contributed by atoms with Crippen LogP contribution in [0.2, 0.25) is 0 Å². The van der Waals surface area contributed by atoms with E-state index in [4.69, 9.17) is 44.9 Å². The first-order valence-corrected chi connectivity index (χ1v) is 32.3. The van der Waals surface area contributed by atoms with Crippen LogP contribution in [-0.2, 0) is 68.7 Å². The van der Waals surface area contributed by atoms with Crippen LogP contribution in [0, 0.1) is 11.8 Å². The van der Waals surface area contributed by atoms with Gasteiger partial charge in [-0.2, -0.15) is 0 Å². The number of amides is 11. The van der Waals surface area contributed by atoms with Gasteiger partial charge in [0.05, 0.1) is 6.10 Å². The summed E-state index contributed by atoms with van der Waals surface area (Å²) in [5, 5.41) is 39.2. The first-order chi connectivity index (χ1) is 44.1. The molecule has 26 N–H and O–H groups in total. The van der Waals surface area contributed by atoms with Crippen molar-refractivity contribution in [3.8, 4) is 0 Å². The van der Waals surface area contributed by atoms with Crippen LogP contribution in [0.4, 0.5) is 0 Å². The summed E-state index contributed by atoms with van der Waals surface area (Å²) in [6, 6.07) is -7.87. The Morgan fingerprint density at radius 3 is 1.57 bits per heavy atom. The first kappa shape index (κ1) is 81.6. The Morgan fingerprint density at radius 1 is 0.538 bits per heavy atom. The molecule has 0 unspecified atom stereocenters. The van der Waals surface area contributed by atoms with Crippen LogP contribution >= 0.6 is 0 Å². The predicted octanol–water partition coefficient (Wildman–Crippen LogP) is -5.63. The van der Waals surface area contributed by atoms with Crippen molar-refractivity contribution < 1.29 is 67.4 Å². The molecule has 0 aliphatic carbocycles. The molecule has 32 heteroatoms. The third-order valence-corrected chi connectivity index (χ3v) is 15.2. The zero-order valence-corrected chi connectivity index (χ0v) is 54.9. The summed E-state index contributed by atoms with van der Waals surface area (Å²) < 4.78 is 5.64. The fourth-order valence-electron chi connectivity index (χ4n) is 9.93. The monoisotopic (exact) mass is 1320 g/mol. The molecule has 1 saturated heterocycles. The van der Waals surface area contributed by atoms with Gasteiger partial charge in [-0.1, -0.05) is 77.3 Å². The summed E-state index contributed by atoms with van der Waals surface area (Å²) >= 11 is 0. The molecule has 32 nitrogen and oxygen atoms in total. The first-order valence-electron chi connectivity index (χ1n) is 32.3. The topological polar surface area (TPSA) is 549 Å². The number of nitrogens with one attached hydrogen (secondary N) is 11. The van der Waals surface area contributed by atoms with E-state index in [0.29, 0.717) is 37.3 Å². The van der Waals surface area contributed by atoms with Crippen molar-refractivity contribution in [3.63, 3.8) is 0 Å². The van der Waals surface area contributed by atoms with Crippen LogP contribution in [0.25, 0.3) is 0 Å². The van der Waals surface area contributed by atoms with Crippen LogP contribution in [0.15, 0.2) is 30.3 Å². The maximum atomic E-state index is 14.7. The number of hydrogen-bond acceptors (Lipinski definition) is 21. The highest BCUT2D eigenvalue weighted by Crippen LogP contribution is 2.14. The molecule has 11 amide bonds. The minimum atomic E-state index is -1.78. The molecule has 13 atom stereocenters. The van der Waals surface area contributed by atoms with Gasteiger partial charge in [-0.15, -0.1) is 0 Å². The Hall–Kier alpha value is -7.46. The second kappa shape index (κ2) is 44.2. The van der Waals surface area contributed by atoms with Gasteiger partial charge in [0.1, 0.15) is 72.6 Å². The standard InChI is InChI=1S/C61H108N18O14/c1-34(2)14-10-11-18-48(81)70-40(19-26-63)55(86)79-50(37(6)93-61(92)39(68)17-12-13-25-62)60(91)75-43(22-29-66)52(83)74-45-24-31-69-59(90)49(36(5)80)78-56(87)44(23-30-67)72-51(82)41(20-27-64)73-57(88)46(32-35(3)4)76-58(89)47(33-38-15-8-7-9-16-38)77-53(84)42(21-28-65)71-54(45)85/h7-9,15-16,34-37,39-47,49-50,80H,10-14,17-33,62-68H2,1-6H3,(H,69,90)(H,70,81)(H,71,85)(H,72,82)(H,73,88)(H,74,83)(H,75,91)(H,76,89)(H,77,84)(H,78,87)(H,79,86)/t36-,37-,39+,40+,41+,42+,43+,44+,45+,46+,47-,49+,50+/m1/s1. The lowest BCUT2D eigenvalue weighted by atomic mass is 10.00. The van der Waals surface area contributed by atoms with Gasteiger partial charge in [-0.25, -0.2) is 0 Å². The lowest BCUT2D eigenvalue weighted by Gasteiger charge is -2.30. The summed E-state index contributed by atoms with van der Waals surface area (Å²) in [5.41, 5.74) is 42.0. The maximum absolute atomic E-state index is 14.7. The van der Waals surface area contributed by atoms with Crippen LogP contribution in [0.5, 0.6) is 0 Å². The smallest absolute Gasteiger partial charge is 0.323 e. The van der Waals surface area contributed by atoms with Crippen molar-refractivity contribution in [2.24, 2.45) is 52.0 Å². The highest BCUT2D eigenvalue weighted by molar-refractivity contribution is 5.99. The highest BCUT2D eigenvalue weighted by Gasteiger charge is 2.39. The zero-order valence-electron chi connectivity index (χ0n) is 54.9. The molecule has 0 bridgehead atoms. The largest absolute Gasteiger partial charge is 0.459 e. The van der Waals surface area contributed by atoms with Crippen LogP contribution in [-0.4, -0.2) is 201 Å². The van der Waals surface area contributed by atoms with Crippen molar-refractivity contribution in [2.45, 2.75) is 217 Å². The number of nitrogens with two attached hydrogens (primary N) is 7. The number of ether oxygens (including phenoxy) is 1. The quantitative estimate of drug-likeness (QED) is 0.0226. The van der Waals surface area contributed by atoms with E-state index in [0.717, 1.165) is 12.8 Å². The number of rotatable bonds is 34. The second-order valence-electron chi connectivity index (χ2n) is 24.2. The van der Waals surface area contributed by atoms with Crippen molar-refractivity contribution in [3.05, 3.63) is 35.9 Å². The Kier molecular flexibility index (Phi) is 38.8. The summed E-state index contributed by atoms with van der Waals surface area (Å²) in [6.07, 6.45) is -1.24. The number of esters is 1. The molecule has 1 aliphatic rings. The SMILES string of the molecule is CC(C)CCCCC(=O)N[C@@H](CCN)C(=O)N[C@H](C(=O)N[C@@H](CCN)C(=O)N[C@H]1CCNC(=O)[C@H]([C@@H](C)O)NC(=O)[C@H](CCN)NC(=O)[C@H](CCN)NC(=O)[C@H](CC(C)C)NC(=O)[C@@H](Cc2ccccc2)NC(=O)[C@H](CCN)NC1=O)[C@@H](C)OC(=O)[C@@H](N)CCCCN.